The fraction of sp³-hybridized carbons (Fsp3) is 0.300. The lowest BCUT2D eigenvalue weighted by atomic mass is 10.3. The summed E-state index contributed by atoms with van der Waals surface area (Å²) in [4.78, 5) is 4.19. The molecule has 0 saturated carbocycles. The van der Waals surface area contributed by atoms with Crippen LogP contribution in [0.5, 0.6) is 0 Å². The van der Waals surface area contributed by atoms with E-state index in [1.165, 1.54) is 14.2 Å². The van der Waals surface area contributed by atoms with E-state index in [4.69, 9.17) is 13.5 Å². The molecule has 0 saturated heterocycles. The largest absolute Gasteiger partial charge is 0.440 e. The molecule has 0 atom stereocenters. The van der Waals surface area contributed by atoms with E-state index in [0.717, 1.165) is 5.52 Å². The van der Waals surface area contributed by atoms with Crippen LogP contribution >= 0.6 is 7.60 Å². The van der Waals surface area contributed by atoms with Crippen molar-refractivity contribution in [3.8, 4) is 0 Å². The highest BCUT2D eigenvalue weighted by atomic mass is 31.2. The zero-order chi connectivity index (χ0) is 11.6. The first-order chi connectivity index (χ1) is 7.67. The molecule has 0 amide bonds. The van der Waals surface area contributed by atoms with Crippen LogP contribution in [0.15, 0.2) is 28.7 Å². The van der Waals surface area contributed by atoms with Gasteiger partial charge >= 0.3 is 7.60 Å². The molecular formula is C10H12NO4P. The molecule has 0 fully saturated rings. The van der Waals surface area contributed by atoms with Crippen LogP contribution in [0.25, 0.3) is 11.1 Å². The van der Waals surface area contributed by atoms with Gasteiger partial charge in [0, 0.05) is 14.2 Å². The van der Waals surface area contributed by atoms with Crippen molar-refractivity contribution in [1.29, 1.82) is 0 Å². The molecule has 86 valence electrons. The van der Waals surface area contributed by atoms with Gasteiger partial charge in [0.25, 0.3) is 0 Å². The summed E-state index contributed by atoms with van der Waals surface area (Å²) in [5, 5.41) is 0. The van der Waals surface area contributed by atoms with Gasteiger partial charge in [-0.25, -0.2) is 4.98 Å². The molecule has 2 aromatic rings. The van der Waals surface area contributed by atoms with Gasteiger partial charge in [-0.3, -0.25) is 4.57 Å². The Kier molecular flexibility index (Phi) is 3.10. The summed E-state index contributed by atoms with van der Waals surface area (Å²) in [7, 11) is -0.434. The van der Waals surface area contributed by atoms with E-state index >= 15 is 0 Å². The van der Waals surface area contributed by atoms with Gasteiger partial charge in [-0.2, -0.15) is 0 Å². The second-order valence-electron chi connectivity index (χ2n) is 3.21. The van der Waals surface area contributed by atoms with E-state index in [9.17, 15) is 4.57 Å². The van der Waals surface area contributed by atoms with Crippen molar-refractivity contribution in [3.63, 3.8) is 0 Å². The Morgan fingerprint density at radius 1 is 1.31 bits per heavy atom. The summed E-state index contributed by atoms with van der Waals surface area (Å²) >= 11 is 0. The van der Waals surface area contributed by atoms with Gasteiger partial charge in [0.1, 0.15) is 11.7 Å². The molecule has 0 aliphatic carbocycles. The fourth-order valence-electron chi connectivity index (χ4n) is 1.36. The Bertz CT molecular complexity index is 495. The van der Waals surface area contributed by atoms with Crippen molar-refractivity contribution >= 4 is 18.7 Å². The summed E-state index contributed by atoms with van der Waals surface area (Å²) in [6.07, 6.45) is 0.0364. The van der Waals surface area contributed by atoms with Crippen LogP contribution in [0.2, 0.25) is 0 Å². The first kappa shape index (κ1) is 11.3. The van der Waals surface area contributed by atoms with Gasteiger partial charge in [0.05, 0.1) is 0 Å². The van der Waals surface area contributed by atoms with Crippen molar-refractivity contribution in [2.75, 3.05) is 14.2 Å². The third kappa shape index (κ3) is 2.16. The highest BCUT2D eigenvalue weighted by Gasteiger charge is 2.24. The zero-order valence-corrected chi connectivity index (χ0v) is 9.94. The summed E-state index contributed by atoms with van der Waals surface area (Å²) in [6.45, 7) is 0. The predicted octanol–water partition coefficient (Wildman–Crippen LogP) is 2.81. The number of nitrogens with zero attached hydrogens (tertiary/aromatic N) is 1. The fourth-order valence-corrected chi connectivity index (χ4v) is 2.23. The van der Waals surface area contributed by atoms with Crippen LogP contribution in [0, 0.1) is 0 Å². The molecule has 16 heavy (non-hydrogen) atoms. The maximum Gasteiger partial charge on any atom is 0.339 e. The molecule has 0 bridgehead atoms. The zero-order valence-electron chi connectivity index (χ0n) is 9.04. The van der Waals surface area contributed by atoms with Crippen LogP contribution in [0.1, 0.15) is 5.89 Å². The summed E-state index contributed by atoms with van der Waals surface area (Å²) < 4.78 is 26.9. The Morgan fingerprint density at radius 3 is 2.62 bits per heavy atom. The molecule has 0 spiro atoms. The SMILES string of the molecule is COP(=O)(Cc1nc2ccccc2o1)OC. The van der Waals surface area contributed by atoms with Gasteiger partial charge in [-0.1, -0.05) is 12.1 Å². The van der Waals surface area contributed by atoms with Gasteiger partial charge in [0.15, 0.2) is 5.58 Å². The van der Waals surface area contributed by atoms with E-state index in [1.54, 1.807) is 6.07 Å². The number of hydrogen-bond acceptors (Lipinski definition) is 5. The average Bonchev–Trinajstić information content (AvgIpc) is 2.70. The molecule has 1 aromatic heterocycles. The van der Waals surface area contributed by atoms with Crippen molar-refractivity contribution < 1.29 is 18.0 Å². The van der Waals surface area contributed by atoms with Crippen LogP contribution in [0.4, 0.5) is 0 Å². The smallest absolute Gasteiger partial charge is 0.339 e. The number of benzene rings is 1. The molecule has 0 aliphatic rings. The number of aromatic nitrogens is 1. The van der Waals surface area contributed by atoms with Gasteiger partial charge < -0.3 is 13.5 Å². The minimum absolute atomic E-state index is 0.0364. The van der Waals surface area contributed by atoms with E-state index in [1.807, 2.05) is 18.2 Å². The number of rotatable bonds is 4. The third-order valence-electron chi connectivity index (χ3n) is 2.22. The maximum absolute atomic E-state index is 11.9. The second-order valence-corrected chi connectivity index (χ2v) is 5.48. The van der Waals surface area contributed by atoms with E-state index in [-0.39, 0.29) is 6.16 Å². The summed E-state index contributed by atoms with van der Waals surface area (Å²) in [5.74, 6) is 0.355. The average molecular weight is 241 g/mol. The van der Waals surface area contributed by atoms with Crippen molar-refractivity contribution in [2.45, 2.75) is 6.16 Å². The first-order valence-electron chi connectivity index (χ1n) is 4.72. The monoisotopic (exact) mass is 241 g/mol. The molecule has 0 unspecified atom stereocenters. The number of oxazole rings is 1. The summed E-state index contributed by atoms with van der Waals surface area (Å²) in [5.41, 5.74) is 1.40. The highest BCUT2D eigenvalue weighted by Crippen LogP contribution is 2.49. The first-order valence-corrected chi connectivity index (χ1v) is 6.44. The van der Waals surface area contributed by atoms with Crippen LogP contribution in [0.3, 0.4) is 0 Å². The molecule has 1 heterocycles. The van der Waals surface area contributed by atoms with Gasteiger partial charge in [-0.15, -0.1) is 0 Å². The Labute approximate surface area is 92.9 Å². The molecular weight excluding hydrogens is 229 g/mol. The van der Waals surface area contributed by atoms with Gasteiger partial charge in [0.2, 0.25) is 5.89 Å². The molecule has 1 aromatic carbocycles. The van der Waals surface area contributed by atoms with E-state index in [2.05, 4.69) is 4.98 Å². The lowest BCUT2D eigenvalue weighted by Crippen LogP contribution is -1.93. The standard InChI is InChI=1S/C10H12NO4P/c1-13-16(12,14-2)7-10-11-8-5-3-4-6-9(8)15-10/h3-6H,7H2,1-2H3. The van der Waals surface area contributed by atoms with Crippen LogP contribution in [-0.4, -0.2) is 19.2 Å². The Balaban J connectivity index is 2.31. The minimum atomic E-state index is -3.11. The normalized spacial score (nSPS) is 12.1. The highest BCUT2D eigenvalue weighted by molar-refractivity contribution is 7.52. The number of hydrogen-bond donors (Lipinski definition) is 0. The minimum Gasteiger partial charge on any atom is -0.440 e. The quantitative estimate of drug-likeness (QED) is 0.770. The number of fused-ring (bicyclic) bond motifs is 1. The molecule has 6 heteroatoms. The molecule has 0 N–H and O–H groups in total. The van der Waals surface area contributed by atoms with Crippen molar-refractivity contribution in [1.82, 2.24) is 4.98 Å². The number of para-hydroxylation sites is 2. The van der Waals surface area contributed by atoms with E-state index in [0.29, 0.717) is 11.5 Å². The topological polar surface area (TPSA) is 61.6 Å². The molecule has 0 aliphatic heterocycles. The third-order valence-corrected chi connectivity index (χ3v) is 3.99. The summed E-state index contributed by atoms with van der Waals surface area (Å²) in [6, 6.07) is 7.34. The molecule has 2 rings (SSSR count). The lowest BCUT2D eigenvalue weighted by Gasteiger charge is -2.10. The Hall–Kier alpha value is -1.16. The maximum atomic E-state index is 11.9. The van der Waals surface area contributed by atoms with E-state index < -0.39 is 7.60 Å². The Morgan fingerprint density at radius 2 is 2.00 bits per heavy atom. The van der Waals surface area contributed by atoms with Crippen molar-refractivity contribution in [3.05, 3.63) is 30.2 Å². The lowest BCUT2D eigenvalue weighted by molar-refractivity contribution is 0.271. The molecule has 5 nitrogen and oxygen atoms in total. The molecule has 0 radical (unpaired) electrons. The van der Waals surface area contributed by atoms with Crippen molar-refractivity contribution in [2.24, 2.45) is 0 Å². The second kappa shape index (κ2) is 4.37. The predicted molar refractivity (Wildman–Crippen MR) is 59.3 cm³/mol. The van der Waals surface area contributed by atoms with Crippen LogP contribution in [-0.2, 0) is 19.8 Å². The van der Waals surface area contributed by atoms with Crippen LogP contribution < -0.4 is 0 Å². The van der Waals surface area contributed by atoms with Gasteiger partial charge in [-0.05, 0) is 12.1 Å².